The molecule has 0 N–H and O–H groups in total. The lowest BCUT2D eigenvalue weighted by Crippen LogP contribution is -1.91. The van der Waals surface area contributed by atoms with Gasteiger partial charge in [-0.3, -0.25) is 0 Å². The molecule has 3 rings (SSSR count). The van der Waals surface area contributed by atoms with Gasteiger partial charge in [-0.1, -0.05) is 87.3 Å². The molecule has 0 fully saturated rings. The van der Waals surface area contributed by atoms with E-state index >= 15 is 0 Å². The summed E-state index contributed by atoms with van der Waals surface area (Å²) in [7, 11) is 0.411. The molecule has 0 bridgehead atoms. The molecule has 0 unspecified atom stereocenters. The Kier molecular flexibility index (Phi) is 6.07. The lowest BCUT2D eigenvalue weighted by atomic mass is 9.93. The minimum atomic E-state index is 0.411. The van der Waals surface area contributed by atoms with Crippen LogP contribution in [0.25, 0.3) is 16.8 Å². The van der Waals surface area contributed by atoms with Crippen molar-refractivity contribution in [2.24, 2.45) is 0 Å². The summed E-state index contributed by atoms with van der Waals surface area (Å²) in [6.45, 7) is 4.56. The van der Waals surface area contributed by atoms with Gasteiger partial charge >= 0.3 is 0 Å². The van der Waals surface area contributed by atoms with Crippen LogP contribution in [0.3, 0.4) is 0 Å². The molecule has 0 atom stereocenters. The zero-order valence-electron chi connectivity index (χ0n) is 12.9. The molecule has 1 aliphatic rings. The van der Waals surface area contributed by atoms with Crippen molar-refractivity contribution in [3.8, 4) is 0 Å². The first-order valence-electron chi connectivity index (χ1n) is 8.04. The van der Waals surface area contributed by atoms with Crippen molar-refractivity contribution < 1.29 is 0 Å². The molecule has 0 aliphatic heterocycles. The van der Waals surface area contributed by atoms with Crippen molar-refractivity contribution in [2.75, 3.05) is 0 Å². The molecule has 20 heavy (non-hydrogen) atoms. The van der Waals surface area contributed by atoms with Gasteiger partial charge in [0.05, 0.1) is 0 Å². The molecular formula is C19H26Si. The van der Waals surface area contributed by atoms with Gasteiger partial charge in [-0.25, -0.2) is 0 Å². The third-order valence-corrected chi connectivity index (χ3v) is 6.28. The Balaban J connectivity index is 0.000000182. The van der Waals surface area contributed by atoms with Crippen molar-refractivity contribution in [3.05, 3.63) is 53.6 Å². The first kappa shape index (κ1) is 15.1. The van der Waals surface area contributed by atoms with Crippen LogP contribution in [0.2, 0.25) is 12.1 Å². The third-order valence-electron chi connectivity index (χ3n) is 3.87. The third kappa shape index (κ3) is 3.83. The second kappa shape index (κ2) is 8.06. The molecular weight excluding hydrogens is 256 g/mol. The highest BCUT2D eigenvalue weighted by molar-refractivity contribution is 6.35. The maximum absolute atomic E-state index is 2.28. The van der Waals surface area contributed by atoms with Crippen LogP contribution in [0.1, 0.15) is 37.8 Å². The smallest absolute Gasteiger partial charge is 0.0197 e. The Morgan fingerprint density at radius 2 is 1.65 bits per heavy atom. The molecule has 0 amide bonds. The Bertz CT molecular complexity index is 560. The van der Waals surface area contributed by atoms with Crippen LogP contribution in [0.15, 0.2) is 42.5 Å². The van der Waals surface area contributed by atoms with E-state index in [9.17, 15) is 0 Å². The molecule has 2 aromatic carbocycles. The molecule has 0 saturated heterocycles. The fraction of sp³-hybridized carbons (Fsp3) is 0.368. The van der Waals surface area contributed by atoms with E-state index in [1.807, 2.05) is 0 Å². The van der Waals surface area contributed by atoms with E-state index in [1.165, 1.54) is 34.7 Å². The predicted molar refractivity (Wildman–Crippen MR) is 95.4 cm³/mol. The summed E-state index contributed by atoms with van der Waals surface area (Å²) in [6, 6.07) is 16.2. The van der Waals surface area contributed by atoms with Crippen LogP contribution in [-0.4, -0.2) is 9.52 Å². The number of rotatable bonds is 4. The highest BCUT2D eigenvalue weighted by Gasteiger charge is 2.06. The standard InChI is InChI=1S/C13H10.C6H16Si/c1-4-10-6-2-8-12-9-3-7-11(5-1)13(10)12;1-3-5-7-6-4-2/h1-8H,9H2;3-7H2,1-2H3. The second-order valence-corrected chi connectivity index (χ2v) is 7.65. The van der Waals surface area contributed by atoms with Gasteiger partial charge in [0, 0.05) is 9.52 Å². The Labute approximate surface area is 125 Å². The van der Waals surface area contributed by atoms with Crippen molar-refractivity contribution in [1.82, 2.24) is 0 Å². The van der Waals surface area contributed by atoms with E-state index < -0.39 is 0 Å². The minimum absolute atomic E-state index is 0.411. The lowest BCUT2D eigenvalue weighted by Gasteiger charge is -2.11. The number of hydrogen-bond donors (Lipinski definition) is 0. The molecule has 0 nitrogen and oxygen atoms in total. The molecule has 0 spiro atoms. The van der Waals surface area contributed by atoms with Crippen molar-refractivity contribution in [2.45, 2.75) is 45.2 Å². The van der Waals surface area contributed by atoms with Gasteiger partial charge in [-0.15, -0.1) is 0 Å². The quantitative estimate of drug-likeness (QED) is 0.532. The monoisotopic (exact) mass is 282 g/mol. The van der Waals surface area contributed by atoms with E-state index in [4.69, 9.17) is 0 Å². The summed E-state index contributed by atoms with van der Waals surface area (Å²) < 4.78 is 0. The molecule has 0 radical (unpaired) electrons. The summed E-state index contributed by atoms with van der Waals surface area (Å²) in [4.78, 5) is 0. The van der Waals surface area contributed by atoms with Crippen molar-refractivity contribution in [3.63, 3.8) is 0 Å². The predicted octanol–water partition coefficient (Wildman–Crippen LogP) is 5.22. The van der Waals surface area contributed by atoms with Crippen LogP contribution >= 0.6 is 0 Å². The molecule has 106 valence electrons. The largest absolute Gasteiger partial charge is 0.0795 e. The molecule has 0 saturated carbocycles. The summed E-state index contributed by atoms with van der Waals surface area (Å²) >= 11 is 0. The summed E-state index contributed by atoms with van der Waals surface area (Å²) in [6.07, 6.45) is 8.37. The highest BCUT2D eigenvalue weighted by atomic mass is 28.2. The number of benzene rings is 2. The maximum Gasteiger partial charge on any atom is 0.0197 e. The second-order valence-electron chi connectivity index (χ2n) is 5.53. The van der Waals surface area contributed by atoms with Crippen LogP contribution in [0.5, 0.6) is 0 Å². The average Bonchev–Trinajstić information content (AvgIpc) is 2.50. The van der Waals surface area contributed by atoms with Gasteiger partial charge in [0.15, 0.2) is 0 Å². The molecule has 0 heterocycles. The van der Waals surface area contributed by atoms with E-state index in [1.54, 1.807) is 12.1 Å². The van der Waals surface area contributed by atoms with E-state index in [2.05, 4.69) is 62.4 Å². The fourth-order valence-electron chi connectivity index (χ4n) is 2.75. The van der Waals surface area contributed by atoms with E-state index in [0.717, 1.165) is 6.42 Å². The molecule has 0 aromatic heterocycles. The van der Waals surface area contributed by atoms with Gasteiger partial charge in [0.25, 0.3) is 0 Å². The summed E-state index contributed by atoms with van der Waals surface area (Å²) in [5, 5.41) is 2.80. The van der Waals surface area contributed by atoms with Gasteiger partial charge in [0.2, 0.25) is 0 Å². The van der Waals surface area contributed by atoms with Crippen LogP contribution in [0, 0.1) is 0 Å². The normalized spacial score (nSPS) is 12.1. The Morgan fingerprint density at radius 3 is 2.35 bits per heavy atom. The van der Waals surface area contributed by atoms with Gasteiger partial charge in [-0.2, -0.15) is 0 Å². The summed E-state index contributed by atoms with van der Waals surface area (Å²) in [5.41, 5.74) is 2.81. The molecule has 2 aromatic rings. The lowest BCUT2D eigenvalue weighted by molar-refractivity contribution is 1.02. The zero-order chi connectivity index (χ0) is 14.2. The number of allylic oxidation sites excluding steroid dienone is 1. The molecule has 1 heteroatoms. The fourth-order valence-corrected chi connectivity index (χ4v) is 4.10. The van der Waals surface area contributed by atoms with E-state index in [-0.39, 0.29) is 0 Å². The van der Waals surface area contributed by atoms with Gasteiger partial charge in [-0.05, 0) is 28.3 Å². The first-order valence-corrected chi connectivity index (χ1v) is 10.0. The van der Waals surface area contributed by atoms with E-state index in [0.29, 0.717) is 9.52 Å². The Morgan fingerprint density at radius 1 is 0.950 bits per heavy atom. The number of hydrogen-bond acceptors (Lipinski definition) is 0. The Hall–Kier alpha value is -1.34. The topological polar surface area (TPSA) is 0 Å². The summed E-state index contributed by atoms with van der Waals surface area (Å²) in [5.74, 6) is 0. The SMILES string of the molecule is C1=Cc2cccc3cccc(c23)C1.CCC[SiH2]CCC. The van der Waals surface area contributed by atoms with Crippen LogP contribution in [0.4, 0.5) is 0 Å². The maximum atomic E-state index is 2.28. The van der Waals surface area contributed by atoms with Crippen molar-refractivity contribution >= 4 is 26.4 Å². The average molecular weight is 283 g/mol. The highest BCUT2D eigenvalue weighted by Crippen LogP contribution is 2.27. The van der Waals surface area contributed by atoms with Gasteiger partial charge in [0.1, 0.15) is 0 Å². The zero-order valence-corrected chi connectivity index (χ0v) is 14.3. The van der Waals surface area contributed by atoms with Crippen LogP contribution in [-0.2, 0) is 6.42 Å². The van der Waals surface area contributed by atoms with Crippen molar-refractivity contribution in [1.29, 1.82) is 0 Å². The molecule has 1 aliphatic carbocycles. The van der Waals surface area contributed by atoms with Gasteiger partial charge < -0.3 is 0 Å². The first-order chi connectivity index (χ1) is 9.86. The van der Waals surface area contributed by atoms with Crippen LogP contribution < -0.4 is 0 Å². The minimum Gasteiger partial charge on any atom is -0.0795 e.